The molecule has 1 N–H and O–H groups in total. The number of rotatable bonds is 10. The second-order valence-corrected chi connectivity index (χ2v) is 4.32. The predicted octanol–water partition coefficient (Wildman–Crippen LogP) is 1.13. The average molecular weight is 233 g/mol. The molecular weight excluding hydrogens is 206 g/mol. The van der Waals surface area contributed by atoms with Gasteiger partial charge in [-0.25, -0.2) is 0 Å². The minimum atomic E-state index is -0.206. The summed E-state index contributed by atoms with van der Waals surface area (Å²) in [5.41, 5.74) is 0. The van der Waals surface area contributed by atoms with Gasteiger partial charge in [-0.2, -0.15) is 0 Å². The van der Waals surface area contributed by atoms with Crippen molar-refractivity contribution in [2.45, 2.75) is 38.8 Å². The molecule has 0 aliphatic heterocycles. The summed E-state index contributed by atoms with van der Waals surface area (Å²) in [6, 6.07) is 0.397. The van der Waals surface area contributed by atoms with Gasteiger partial charge >= 0.3 is 0 Å². The highest BCUT2D eigenvalue weighted by molar-refractivity contribution is 4.67. The van der Waals surface area contributed by atoms with Gasteiger partial charge in [0.05, 0.1) is 19.3 Å². The minimum Gasteiger partial charge on any atom is -0.393 e. The SMILES string of the molecule is COCCN(CCCC(C)O)C(C)COC. The van der Waals surface area contributed by atoms with Crippen LogP contribution in [-0.2, 0) is 9.47 Å². The first-order chi connectivity index (χ1) is 7.61. The maximum Gasteiger partial charge on any atom is 0.0615 e. The van der Waals surface area contributed by atoms with E-state index in [1.54, 1.807) is 14.2 Å². The summed E-state index contributed by atoms with van der Waals surface area (Å²) in [5.74, 6) is 0. The molecule has 4 heteroatoms. The summed E-state index contributed by atoms with van der Waals surface area (Å²) in [6.07, 6.45) is 1.65. The Hall–Kier alpha value is -0.160. The van der Waals surface area contributed by atoms with Gasteiger partial charge in [0.15, 0.2) is 0 Å². The topological polar surface area (TPSA) is 41.9 Å². The van der Waals surface area contributed by atoms with Gasteiger partial charge in [-0.15, -0.1) is 0 Å². The molecule has 0 heterocycles. The van der Waals surface area contributed by atoms with Gasteiger partial charge in [-0.3, -0.25) is 4.90 Å². The molecule has 2 atom stereocenters. The Morgan fingerprint density at radius 3 is 2.31 bits per heavy atom. The van der Waals surface area contributed by atoms with Crippen LogP contribution in [0.25, 0.3) is 0 Å². The fraction of sp³-hybridized carbons (Fsp3) is 1.00. The summed E-state index contributed by atoms with van der Waals surface area (Å²) in [7, 11) is 3.44. The van der Waals surface area contributed by atoms with Crippen LogP contribution < -0.4 is 0 Å². The van der Waals surface area contributed by atoms with E-state index in [1.165, 1.54) is 0 Å². The first kappa shape index (κ1) is 15.8. The third-order valence-electron chi connectivity index (χ3n) is 2.68. The van der Waals surface area contributed by atoms with Crippen molar-refractivity contribution < 1.29 is 14.6 Å². The van der Waals surface area contributed by atoms with E-state index < -0.39 is 0 Å². The van der Waals surface area contributed by atoms with Gasteiger partial charge in [-0.05, 0) is 33.2 Å². The molecule has 98 valence electrons. The van der Waals surface area contributed by atoms with E-state index in [4.69, 9.17) is 9.47 Å². The van der Waals surface area contributed by atoms with E-state index in [2.05, 4.69) is 11.8 Å². The van der Waals surface area contributed by atoms with Gasteiger partial charge in [0, 0.05) is 26.8 Å². The Kier molecular flexibility index (Phi) is 9.92. The second kappa shape index (κ2) is 10.0. The Morgan fingerprint density at radius 1 is 1.12 bits per heavy atom. The van der Waals surface area contributed by atoms with Crippen molar-refractivity contribution in [2.75, 3.05) is 40.5 Å². The van der Waals surface area contributed by atoms with Crippen molar-refractivity contribution in [2.24, 2.45) is 0 Å². The van der Waals surface area contributed by atoms with Crippen molar-refractivity contribution in [3.63, 3.8) is 0 Å². The second-order valence-electron chi connectivity index (χ2n) is 4.32. The summed E-state index contributed by atoms with van der Waals surface area (Å²) >= 11 is 0. The number of aliphatic hydroxyl groups is 1. The first-order valence-corrected chi connectivity index (χ1v) is 6.01. The zero-order chi connectivity index (χ0) is 12.4. The van der Waals surface area contributed by atoms with Crippen molar-refractivity contribution in [3.05, 3.63) is 0 Å². The molecule has 0 aliphatic carbocycles. The van der Waals surface area contributed by atoms with Crippen LogP contribution in [0.3, 0.4) is 0 Å². The normalized spacial score (nSPS) is 15.4. The van der Waals surface area contributed by atoms with Crippen LogP contribution in [0.5, 0.6) is 0 Å². The molecule has 0 fully saturated rings. The predicted molar refractivity (Wildman–Crippen MR) is 65.7 cm³/mol. The fourth-order valence-electron chi connectivity index (χ4n) is 1.70. The molecule has 0 bridgehead atoms. The molecule has 0 aromatic carbocycles. The maximum absolute atomic E-state index is 9.22. The van der Waals surface area contributed by atoms with Crippen LogP contribution >= 0.6 is 0 Å². The quantitative estimate of drug-likeness (QED) is 0.614. The summed E-state index contributed by atoms with van der Waals surface area (Å²) < 4.78 is 10.3. The molecule has 16 heavy (non-hydrogen) atoms. The van der Waals surface area contributed by atoms with Gasteiger partial charge in [0.1, 0.15) is 0 Å². The van der Waals surface area contributed by atoms with E-state index >= 15 is 0 Å². The maximum atomic E-state index is 9.22. The molecule has 0 spiro atoms. The van der Waals surface area contributed by atoms with Crippen LogP contribution in [0.15, 0.2) is 0 Å². The third-order valence-corrected chi connectivity index (χ3v) is 2.68. The fourth-order valence-corrected chi connectivity index (χ4v) is 1.70. The average Bonchev–Trinajstić information content (AvgIpc) is 2.22. The number of nitrogens with zero attached hydrogens (tertiary/aromatic N) is 1. The summed E-state index contributed by atoms with van der Waals surface area (Å²) in [4.78, 5) is 2.34. The summed E-state index contributed by atoms with van der Waals surface area (Å²) in [6.45, 7) is 7.36. The Morgan fingerprint density at radius 2 is 1.81 bits per heavy atom. The number of hydrogen-bond acceptors (Lipinski definition) is 4. The van der Waals surface area contributed by atoms with Crippen molar-refractivity contribution in [1.82, 2.24) is 4.90 Å². The van der Waals surface area contributed by atoms with Crippen LogP contribution in [0.2, 0.25) is 0 Å². The van der Waals surface area contributed by atoms with Crippen molar-refractivity contribution in [1.29, 1.82) is 0 Å². The Labute approximate surface area is 99.5 Å². The van der Waals surface area contributed by atoms with E-state index in [0.29, 0.717) is 6.04 Å². The number of ether oxygens (including phenoxy) is 2. The monoisotopic (exact) mass is 233 g/mol. The number of aliphatic hydroxyl groups excluding tert-OH is 1. The van der Waals surface area contributed by atoms with Gasteiger partial charge in [-0.1, -0.05) is 0 Å². The van der Waals surface area contributed by atoms with Crippen molar-refractivity contribution >= 4 is 0 Å². The molecule has 4 nitrogen and oxygen atoms in total. The Balaban J connectivity index is 3.88. The highest BCUT2D eigenvalue weighted by Crippen LogP contribution is 2.04. The van der Waals surface area contributed by atoms with Crippen LogP contribution in [0.1, 0.15) is 26.7 Å². The lowest BCUT2D eigenvalue weighted by Crippen LogP contribution is -2.39. The molecule has 0 radical (unpaired) electrons. The van der Waals surface area contributed by atoms with Crippen LogP contribution in [-0.4, -0.2) is 62.7 Å². The molecular formula is C12H27NO3. The van der Waals surface area contributed by atoms with Crippen LogP contribution in [0.4, 0.5) is 0 Å². The highest BCUT2D eigenvalue weighted by atomic mass is 16.5. The molecule has 0 rings (SSSR count). The van der Waals surface area contributed by atoms with E-state index in [9.17, 15) is 5.11 Å². The molecule has 0 amide bonds. The lowest BCUT2D eigenvalue weighted by molar-refractivity contribution is 0.0709. The van der Waals surface area contributed by atoms with Gasteiger partial charge in [0.2, 0.25) is 0 Å². The van der Waals surface area contributed by atoms with Gasteiger partial charge in [0.25, 0.3) is 0 Å². The number of hydrogen-bond donors (Lipinski definition) is 1. The van der Waals surface area contributed by atoms with E-state index in [1.807, 2.05) is 6.92 Å². The molecule has 0 aromatic rings. The first-order valence-electron chi connectivity index (χ1n) is 6.01. The number of methoxy groups -OCH3 is 2. The summed E-state index contributed by atoms with van der Waals surface area (Å²) in [5, 5.41) is 9.22. The van der Waals surface area contributed by atoms with Gasteiger partial charge < -0.3 is 14.6 Å². The molecule has 0 saturated heterocycles. The lowest BCUT2D eigenvalue weighted by atomic mass is 10.2. The smallest absolute Gasteiger partial charge is 0.0615 e. The molecule has 0 aliphatic rings. The van der Waals surface area contributed by atoms with E-state index in [-0.39, 0.29) is 6.10 Å². The highest BCUT2D eigenvalue weighted by Gasteiger charge is 2.13. The molecule has 0 saturated carbocycles. The minimum absolute atomic E-state index is 0.206. The molecule has 0 aromatic heterocycles. The lowest BCUT2D eigenvalue weighted by Gasteiger charge is -2.28. The molecule has 2 unspecified atom stereocenters. The standard InChI is InChI=1S/C12H27NO3/c1-11(10-16-4)13(8-9-15-3)7-5-6-12(2)14/h11-12,14H,5-10H2,1-4H3. The van der Waals surface area contributed by atoms with Crippen LogP contribution in [0, 0.1) is 0 Å². The largest absolute Gasteiger partial charge is 0.393 e. The Bertz CT molecular complexity index is 153. The zero-order valence-corrected chi connectivity index (χ0v) is 11.1. The third kappa shape index (κ3) is 8.05. The van der Waals surface area contributed by atoms with E-state index in [0.717, 1.165) is 39.1 Å². The van der Waals surface area contributed by atoms with Crippen molar-refractivity contribution in [3.8, 4) is 0 Å². The zero-order valence-electron chi connectivity index (χ0n) is 11.1.